The summed E-state index contributed by atoms with van der Waals surface area (Å²) in [4.78, 5) is 2.62. The number of nitrogens with one attached hydrogen (secondary N) is 2. The Morgan fingerprint density at radius 1 is 1.05 bits per heavy atom. The largest absolute Gasteiger partial charge is 0.316 e. The summed E-state index contributed by atoms with van der Waals surface area (Å²) < 4.78 is 0. The van der Waals surface area contributed by atoms with Gasteiger partial charge in [0.05, 0.1) is 0 Å². The Hall–Kier alpha value is -0.120. The van der Waals surface area contributed by atoms with E-state index >= 15 is 0 Å². The summed E-state index contributed by atoms with van der Waals surface area (Å²) in [7, 11) is 0. The third kappa shape index (κ3) is 10.6. The Morgan fingerprint density at radius 3 is 2.15 bits per heavy atom. The van der Waals surface area contributed by atoms with Crippen LogP contribution in [0.4, 0.5) is 0 Å². The first-order valence-corrected chi connectivity index (χ1v) is 8.77. The molecule has 20 heavy (non-hydrogen) atoms. The molecule has 0 unspecified atom stereocenters. The van der Waals surface area contributed by atoms with Crippen molar-refractivity contribution in [3.63, 3.8) is 0 Å². The van der Waals surface area contributed by atoms with Crippen LogP contribution in [-0.4, -0.2) is 49.7 Å². The second-order valence-electron chi connectivity index (χ2n) is 6.39. The number of rotatable bonds is 8. The molecule has 122 valence electrons. The van der Waals surface area contributed by atoms with Crippen LogP contribution >= 0.6 is 0 Å². The monoisotopic (exact) mass is 285 g/mol. The Morgan fingerprint density at radius 2 is 1.65 bits per heavy atom. The summed E-state index contributed by atoms with van der Waals surface area (Å²) in [6, 6.07) is 1.38. The van der Waals surface area contributed by atoms with E-state index in [2.05, 4.69) is 43.2 Å². The summed E-state index contributed by atoms with van der Waals surface area (Å²) in [5, 5.41) is 7.17. The molecule has 0 aromatic rings. The minimum atomic E-state index is 0.627. The molecule has 1 aliphatic heterocycles. The third-order valence-corrected chi connectivity index (χ3v) is 3.54. The van der Waals surface area contributed by atoms with E-state index in [0.717, 1.165) is 18.5 Å². The second-order valence-corrected chi connectivity index (χ2v) is 6.39. The Kier molecular flexibility index (Phi) is 12.5. The molecule has 0 aromatic carbocycles. The van der Waals surface area contributed by atoms with Crippen molar-refractivity contribution in [3.05, 3.63) is 0 Å². The van der Waals surface area contributed by atoms with Gasteiger partial charge in [0.25, 0.3) is 0 Å². The lowest BCUT2D eigenvalue weighted by Gasteiger charge is -2.33. The summed E-state index contributed by atoms with van der Waals surface area (Å²) >= 11 is 0. The van der Waals surface area contributed by atoms with Crippen molar-refractivity contribution in [2.45, 2.75) is 72.9 Å². The van der Waals surface area contributed by atoms with Crippen LogP contribution in [0.25, 0.3) is 0 Å². The van der Waals surface area contributed by atoms with Gasteiger partial charge in [0.2, 0.25) is 0 Å². The maximum atomic E-state index is 3.65. The molecule has 0 bridgehead atoms. The average molecular weight is 286 g/mol. The van der Waals surface area contributed by atoms with Gasteiger partial charge in [-0.3, -0.25) is 0 Å². The molecular formula is C17H39N3. The average Bonchev–Trinajstić information content (AvgIpc) is 2.41. The van der Waals surface area contributed by atoms with Crippen molar-refractivity contribution >= 4 is 0 Å². The smallest absolute Gasteiger partial charge is 0.00937 e. The molecule has 0 amide bonds. The van der Waals surface area contributed by atoms with E-state index in [1.165, 1.54) is 45.4 Å². The van der Waals surface area contributed by atoms with Crippen molar-refractivity contribution in [1.29, 1.82) is 0 Å². The van der Waals surface area contributed by atoms with E-state index in [1.807, 2.05) is 13.8 Å². The highest BCUT2D eigenvalue weighted by atomic mass is 15.1. The van der Waals surface area contributed by atoms with E-state index in [0.29, 0.717) is 6.04 Å². The first-order valence-electron chi connectivity index (χ1n) is 8.77. The van der Waals surface area contributed by atoms with Crippen LogP contribution < -0.4 is 10.6 Å². The normalized spacial score (nSPS) is 17.4. The summed E-state index contributed by atoms with van der Waals surface area (Å²) in [5.41, 5.74) is 0. The van der Waals surface area contributed by atoms with Crippen LogP contribution in [0.3, 0.4) is 0 Å². The predicted octanol–water partition coefficient (Wildman–Crippen LogP) is 3.11. The van der Waals surface area contributed by atoms with Gasteiger partial charge in [0, 0.05) is 12.1 Å². The van der Waals surface area contributed by atoms with Crippen molar-refractivity contribution in [2.75, 3.05) is 32.7 Å². The van der Waals surface area contributed by atoms with Gasteiger partial charge in [-0.2, -0.15) is 0 Å². The van der Waals surface area contributed by atoms with Gasteiger partial charge in [-0.05, 0) is 57.9 Å². The minimum Gasteiger partial charge on any atom is -0.316 e. The predicted molar refractivity (Wildman–Crippen MR) is 91.4 cm³/mol. The zero-order chi connectivity index (χ0) is 15.4. The highest BCUT2D eigenvalue weighted by molar-refractivity contribution is 4.78. The maximum Gasteiger partial charge on any atom is 0.00937 e. The van der Waals surface area contributed by atoms with E-state index in [-0.39, 0.29) is 0 Å². The van der Waals surface area contributed by atoms with Crippen molar-refractivity contribution in [1.82, 2.24) is 15.5 Å². The fourth-order valence-electron chi connectivity index (χ4n) is 2.61. The molecule has 3 nitrogen and oxygen atoms in total. The van der Waals surface area contributed by atoms with Gasteiger partial charge >= 0.3 is 0 Å². The number of hydrogen-bond acceptors (Lipinski definition) is 3. The quantitative estimate of drug-likeness (QED) is 0.671. The lowest BCUT2D eigenvalue weighted by molar-refractivity contribution is 0.191. The van der Waals surface area contributed by atoms with E-state index in [9.17, 15) is 0 Å². The standard InChI is InChI=1S/C15H33N3.C2H6/c1-13(2)12-16-8-5-9-18-10-6-15(7-11-18)17-14(3)4;1-2/h13-17H,5-12H2,1-4H3;1-2H3. The molecule has 0 radical (unpaired) electrons. The molecule has 1 aliphatic rings. The molecule has 1 fully saturated rings. The molecule has 0 atom stereocenters. The molecule has 3 heteroatoms. The lowest BCUT2D eigenvalue weighted by atomic mass is 10.0. The summed E-state index contributed by atoms with van der Waals surface area (Å²) in [6.07, 6.45) is 3.92. The van der Waals surface area contributed by atoms with Gasteiger partial charge in [0.1, 0.15) is 0 Å². The van der Waals surface area contributed by atoms with Crippen LogP contribution in [0.2, 0.25) is 0 Å². The van der Waals surface area contributed by atoms with Crippen LogP contribution in [-0.2, 0) is 0 Å². The Balaban J connectivity index is 0.00000172. The summed E-state index contributed by atoms with van der Waals surface area (Å²) in [5.74, 6) is 0.767. The maximum absolute atomic E-state index is 3.65. The van der Waals surface area contributed by atoms with Gasteiger partial charge in [-0.15, -0.1) is 0 Å². The molecular weight excluding hydrogens is 246 g/mol. The second kappa shape index (κ2) is 12.6. The zero-order valence-electron chi connectivity index (χ0n) is 14.8. The number of hydrogen-bond donors (Lipinski definition) is 2. The van der Waals surface area contributed by atoms with E-state index in [1.54, 1.807) is 0 Å². The van der Waals surface area contributed by atoms with Gasteiger partial charge in [-0.25, -0.2) is 0 Å². The van der Waals surface area contributed by atoms with Crippen LogP contribution in [0.5, 0.6) is 0 Å². The van der Waals surface area contributed by atoms with Gasteiger partial charge in [-0.1, -0.05) is 41.5 Å². The van der Waals surface area contributed by atoms with Gasteiger partial charge < -0.3 is 15.5 Å². The highest BCUT2D eigenvalue weighted by Gasteiger charge is 2.18. The molecule has 1 saturated heterocycles. The topological polar surface area (TPSA) is 27.3 Å². The Labute approximate surface area is 127 Å². The first kappa shape index (κ1) is 19.9. The Bertz CT molecular complexity index is 196. The fraction of sp³-hybridized carbons (Fsp3) is 1.00. The van der Waals surface area contributed by atoms with Gasteiger partial charge in [0.15, 0.2) is 0 Å². The number of likely N-dealkylation sites (tertiary alicyclic amines) is 1. The first-order chi connectivity index (χ1) is 9.58. The minimum absolute atomic E-state index is 0.627. The molecule has 1 heterocycles. The van der Waals surface area contributed by atoms with Crippen LogP contribution in [0.15, 0.2) is 0 Å². The van der Waals surface area contributed by atoms with Crippen LogP contribution in [0.1, 0.15) is 60.8 Å². The lowest BCUT2D eigenvalue weighted by Crippen LogP contribution is -2.45. The van der Waals surface area contributed by atoms with Crippen molar-refractivity contribution < 1.29 is 0 Å². The number of piperidine rings is 1. The van der Waals surface area contributed by atoms with E-state index < -0.39 is 0 Å². The molecule has 0 aliphatic carbocycles. The molecule has 2 N–H and O–H groups in total. The molecule has 0 aromatic heterocycles. The van der Waals surface area contributed by atoms with Crippen molar-refractivity contribution in [2.24, 2.45) is 5.92 Å². The third-order valence-electron chi connectivity index (χ3n) is 3.54. The molecule has 1 rings (SSSR count). The number of nitrogens with zero attached hydrogens (tertiary/aromatic N) is 1. The molecule has 0 spiro atoms. The highest BCUT2D eigenvalue weighted by Crippen LogP contribution is 2.11. The summed E-state index contributed by atoms with van der Waals surface area (Å²) in [6.45, 7) is 19.1. The zero-order valence-corrected chi connectivity index (χ0v) is 14.8. The van der Waals surface area contributed by atoms with Crippen LogP contribution in [0, 0.1) is 5.92 Å². The SMILES string of the molecule is CC.CC(C)CNCCCN1CCC(NC(C)C)CC1. The van der Waals surface area contributed by atoms with Crippen molar-refractivity contribution in [3.8, 4) is 0 Å². The fourth-order valence-corrected chi connectivity index (χ4v) is 2.61. The van der Waals surface area contributed by atoms with E-state index in [4.69, 9.17) is 0 Å². The molecule has 0 saturated carbocycles.